The first-order valence-corrected chi connectivity index (χ1v) is 13.5. The number of ether oxygens (including phenoxy) is 1. The van der Waals surface area contributed by atoms with Crippen LogP contribution in [0.15, 0.2) is 47.4 Å². The highest BCUT2D eigenvalue weighted by molar-refractivity contribution is 7.91. The molecule has 0 aliphatic heterocycles. The van der Waals surface area contributed by atoms with E-state index in [-0.39, 0.29) is 33.2 Å². The fourth-order valence-corrected chi connectivity index (χ4v) is 6.02. The summed E-state index contributed by atoms with van der Waals surface area (Å²) in [4.78, 5) is 18.9. The zero-order valence-corrected chi connectivity index (χ0v) is 21.5. The maximum absolute atomic E-state index is 14.3. The number of sulfone groups is 1. The topological polar surface area (TPSA) is 94.4 Å². The summed E-state index contributed by atoms with van der Waals surface area (Å²) in [5, 5.41) is 4.54. The predicted octanol–water partition coefficient (Wildman–Crippen LogP) is 4.29. The van der Waals surface area contributed by atoms with Crippen LogP contribution in [0.2, 0.25) is 0 Å². The first-order chi connectivity index (χ1) is 17.1. The molecule has 0 N–H and O–H groups in total. The van der Waals surface area contributed by atoms with Gasteiger partial charge < -0.3 is 4.74 Å². The second-order valence-corrected chi connectivity index (χ2v) is 11.3. The molecule has 0 saturated heterocycles. The standard InChI is InChI=1S/C24H24F2N4O4S2/c1-15-12-16(2)30(28-15)10-9-29(24-27-23-20(26)13-17(25)14-21(23)35-24)22(31)8-11-36(32,33)19-6-4-18(34-3)5-7-19/h4-7,12-14H,8-11H2,1-3H3. The number of hydrogen-bond donors (Lipinski definition) is 0. The second-order valence-electron chi connectivity index (χ2n) is 8.17. The summed E-state index contributed by atoms with van der Waals surface area (Å²) in [5.41, 5.74) is 1.65. The number of hydrogen-bond acceptors (Lipinski definition) is 7. The largest absolute Gasteiger partial charge is 0.497 e. The lowest BCUT2D eigenvalue weighted by Gasteiger charge is -2.20. The number of thiazole rings is 1. The number of methoxy groups -OCH3 is 1. The van der Waals surface area contributed by atoms with Crippen LogP contribution in [0, 0.1) is 25.5 Å². The third-order valence-electron chi connectivity index (χ3n) is 5.58. The molecule has 0 fully saturated rings. The Labute approximate surface area is 211 Å². The van der Waals surface area contributed by atoms with E-state index >= 15 is 0 Å². The van der Waals surface area contributed by atoms with Crippen molar-refractivity contribution in [1.82, 2.24) is 14.8 Å². The Morgan fingerprint density at radius 1 is 1.14 bits per heavy atom. The van der Waals surface area contributed by atoms with Crippen LogP contribution in [0.5, 0.6) is 5.75 Å². The molecule has 0 bridgehead atoms. The van der Waals surface area contributed by atoms with Crippen LogP contribution in [0.4, 0.5) is 13.9 Å². The van der Waals surface area contributed by atoms with Crippen molar-refractivity contribution in [2.45, 2.75) is 31.7 Å². The van der Waals surface area contributed by atoms with Gasteiger partial charge in [0.05, 0.1) is 34.7 Å². The lowest BCUT2D eigenvalue weighted by molar-refractivity contribution is -0.118. The molecule has 4 aromatic rings. The Hall–Kier alpha value is -3.38. The number of anilines is 1. The number of fused-ring (bicyclic) bond motifs is 1. The van der Waals surface area contributed by atoms with E-state index in [9.17, 15) is 22.0 Å². The van der Waals surface area contributed by atoms with Crippen LogP contribution in [0.1, 0.15) is 17.8 Å². The van der Waals surface area contributed by atoms with Crippen LogP contribution in [0.3, 0.4) is 0 Å². The smallest absolute Gasteiger partial charge is 0.229 e. The summed E-state index contributed by atoms with van der Waals surface area (Å²) in [6.45, 7) is 4.15. The average molecular weight is 535 g/mol. The first-order valence-electron chi connectivity index (χ1n) is 11.0. The van der Waals surface area contributed by atoms with Gasteiger partial charge in [-0.05, 0) is 50.2 Å². The molecule has 2 heterocycles. The van der Waals surface area contributed by atoms with Crippen LogP contribution in [0.25, 0.3) is 10.2 Å². The summed E-state index contributed by atoms with van der Waals surface area (Å²) in [7, 11) is -2.27. The predicted molar refractivity (Wildman–Crippen MR) is 133 cm³/mol. The monoisotopic (exact) mass is 534 g/mol. The van der Waals surface area contributed by atoms with Crippen molar-refractivity contribution in [1.29, 1.82) is 0 Å². The molecule has 0 saturated carbocycles. The van der Waals surface area contributed by atoms with Crippen molar-refractivity contribution in [2.75, 3.05) is 24.3 Å². The van der Waals surface area contributed by atoms with Crippen molar-refractivity contribution in [2.24, 2.45) is 0 Å². The second kappa shape index (κ2) is 10.3. The van der Waals surface area contributed by atoms with Crippen LogP contribution in [-0.4, -0.2) is 48.5 Å². The first kappa shape index (κ1) is 25.7. The fourth-order valence-electron chi connectivity index (χ4n) is 3.74. The van der Waals surface area contributed by atoms with Gasteiger partial charge in [-0.3, -0.25) is 14.4 Å². The van der Waals surface area contributed by atoms with E-state index in [1.54, 1.807) is 4.68 Å². The Morgan fingerprint density at radius 2 is 1.86 bits per heavy atom. The van der Waals surface area contributed by atoms with Gasteiger partial charge in [-0.2, -0.15) is 5.10 Å². The minimum atomic E-state index is -3.75. The zero-order chi connectivity index (χ0) is 26.0. The third kappa shape index (κ3) is 5.54. The summed E-state index contributed by atoms with van der Waals surface area (Å²) in [5.74, 6) is -2.00. The molecule has 190 valence electrons. The Morgan fingerprint density at radius 3 is 2.50 bits per heavy atom. The van der Waals surface area contributed by atoms with E-state index in [0.29, 0.717) is 12.3 Å². The van der Waals surface area contributed by atoms with Crippen molar-refractivity contribution in [3.63, 3.8) is 0 Å². The molecule has 2 aromatic heterocycles. The van der Waals surface area contributed by atoms with Gasteiger partial charge in [0.25, 0.3) is 0 Å². The SMILES string of the molecule is COc1ccc(S(=O)(=O)CCC(=O)N(CCn2nc(C)cc2C)c2nc3c(F)cc(F)cc3s2)cc1. The molecule has 0 spiro atoms. The van der Waals surface area contributed by atoms with E-state index < -0.39 is 33.1 Å². The van der Waals surface area contributed by atoms with Crippen molar-refractivity contribution >= 4 is 42.4 Å². The van der Waals surface area contributed by atoms with Gasteiger partial charge >= 0.3 is 0 Å². The van der Waals surface area contributed by atoms with Crippen LogP contribution >= 0.6 is 11.3 Å². The Balaban J connectivity index is 1.59. The van der Waals surface area contributed by atoms with Crippen molar-refractivity contribution < 1.29 is 26.7 Å². The molecule has 0 atom stereocenters. The van der Waals surface area contributed by atoms with Gasteiger partial charge in [0.15, 0.2) is 20.8 Å². The zero-order valence-electron chi connectivity index (χ0n) is 19.9. The van der Waals surface area contributed by atoms with Crippen LogP contribution < -0.4 is 9.64 Å². The number of carbonyl (C=O) groups is 1. The molecular weight excluding hydrogens is 510 g/mol. The van der Waals surface area contributed by atoms with E-state index in [1.807, 2.05) is 19.9 Å². The molecule has 0 aliphatic rings. The summed E-state index contributed by atoms with van der Waals surface area (Å²) in [6.07, 6.45) is -0.321. The summed E-state index contributed by atoms with van der Waals surface area (Å²) >= 11 is 0.961. The van der Waals surface area contributed by atoms with E-state index in [0.717, 1.165) is 34.9 Å². The van der Waals surface area contributed by atoms with Gasteiger partial charge in [-0.1, -0.05) is 11.3 Å². The minimum Gasteiger partial charge on any atom is -0.497 e. The van der Waals surface area contributed by atoms with E-state index in [2.05, 4.69) is 10.1 Å². The van der Waals surface area contributed by atoms with Crippen LogP contribution in [-0.2, 0) is 21.2 Å². The van der Waals surface area contributed by atoms with Crippen molar-refractivity contribution in [3.05, 3.63) is 65.5 Å². The Bertz CT molecular complexity index is 1520. The lowest BCUT2D eigenvalue weighted by Crippen LogP contribution is -2.35. The number of nitrogens with zero attached hydrogens (tertiary/aromatic N) is 4. The summed E-state index contributed by atoms with van der Waals surface area (Å²) < 4.78 is 60.6. The number of rotatable bonds is 9. The van der Waals surface area contributed by atoms with Gasteiger partial charge in [0.2, 0.25) is 5.91 Å². The number of aryl methyl sites for hydroxylation is 2. The highest BCUT2D eigenvalue weighted by Gasteiger charge is 2.24. The molecule has 12 heteroatoms. The number of amides is 1. The molecule has 4 rings (SSSR count). The quantitative estimate of drug-likeness (QED) is 0.318. The van der Waals surface area contributed by atoms with E-state index in [4.69, 9.17) is 4.74 Å². The summed E-state index contributed by atoms with van der Waals surface area (Å²) in [6, 6.07) is 9.68. The molecule has 1 amide bonds. The molecule has 0 radical (unpaired) electrons. The highest BCUT2D eigenvalue weighted by atomic mass is 32.2. The number of carbonyl (C=O) groups excluding carboxylic acids is 1. The van der Waals surface area contributed by atoms with Gasteiger partial charge in [-0.25, -0.2) is 22.2 Å². The minimum absolute atomic E-state index is 0.0498. The molecular formula is C24H24F2N4O4S2. The van der Waals surface area contributed by atoms with Gasteiger partial charge in [0.1, 0.15) is 17.1 Å². The molecule has 36 heavy (non-hydrogen) atoms. The molecule has 0 aliphatic carbocycles. The molecule has 2 aromatic carbocycles. The number of halogens is 2. The normalized spacial score (nSPS) is 11.7. The maximum Gasteiger partial charge on any atom is 0.229 e. The van der Waals surface area contributed by atoms with Crippen molar-refractivity contribution in [3.8, 4) is 5.75 Å². The molecule has 0 unspecified atom stereocenters. The Kier molecular flexibility index (Phi) is 7.36. The lowest BCUT2D eigenvalue weighted by atomic mass is 10.3. The van der Waals surface area contributed by atoms with Gasteiger partial charge in [0, 0.05) is 24.7 Å². The number of benzene rings is 2. The third-order valence-corrected chi connectivity index (χ3v) is 8.33. The maximum atomic E-state index is 14.3. The fraction of sp³-hybridized carbons (Fsp3) is 0.292. The highest BCUT2D eigenvalue weighted by Crippen LogP contribution is 2.31. The van der Waals surface area contributed by atoms with E-state index in [1.165, 1.54) is 36.3 Å². The van der Waals surface area contributed by atoms with Gasteiger partial charge in [-0.15, -0.1) is 0 Å². The number of aromatic nitrogens is 3. The average Bonchev–Trinajstić information content (AvgIpc) is 3.40. The molecule has 8 nitrogen and oxygen atoms in total.